The van der Waals surface area contributed by atoms with Crippen molar-refractivity contribution in [3.05, 3.63) is 24.3 Å². The van der Waals surface area contributed by atoms with Crippen molar-refractivity contribution in [1.29, 1.82) is 0 Å². The molecule has 0 aliphatic carbocycles. The SMILES string of the molecule is Bc1ccccc1N.O.O. The van der Waals surface area contributed by atoms with Gasteiger partial charge in [0.1, 0.15) is 7.85 Å². The summed E-state index contributed by atoms with van der Waals surface area (Å²) in [5.41, 5.74) is 7.53. The van der Waals surface area contributed by atoms with E-state index in [1.165, 1.54) is 0 Å². The summed E-state index contributed by atoms with van der Waals surface area (Å²) in [6.07, 6.45) is 0. The van der Waals surface area contributed by atoms with Crippen molar-refractivity contribution in [1.82, 2.24) is 0 Å². The maximum Gasteiger partial charge on any atom is 0.142 e. The molecule has 0 aromatic heterocycles. The molecule has 3 nitrogen and oxygen atoms in total. The van der Waals surface area contributed by atoms with E-state index < -0.39 is 0 Å². The molecule has 6 N–H and O–H groups in total. The van der Waals surface area contributed by atoms with Gasteiger partial charge < -0.3 is 16.7 Å². The number of para-hydroxylation sites is 1. The number of anilines is 1. The molecule has 0 fully saturated rings. The molecular formula is C6H12BNO2. The minimum absolute atomic E-state index is 0. The second-order valence-corrected chi connectivity index (χ2v) is 1.86. The third kappa shape index (κ3) is 2.52. The molecule has 0 bridgehead atoms. The van der Waals surface area contributed by atoms with Crippen molar-refractivity contribution in [2.75, 3.05) is 5.73 Å². The number of benzene rings is 1. The Bertz CT molecular complexity index is 172. The fourth-order valence-corrected chi connectivity index (χ4v) is 0.587. The van der Waals surface area contributed by atoms with Crippen LogP contribution < -0.4 is 11.2 Å². The zero-order valence-electron chi connectivity index (χ0n) is 5.89. The number of hydrogen-bond acceptors (Lipinski definition) is 1. The molecule has 0 spiro atoms. The van der Waals surface area contributed by atoms with Gasteiger partial charge in [-0.2, -0.15) is 0 Å². The predicted octanol–water partition coefficient (Wildman–Crippen LogP) is -2.12. The number of nitrogens with two attached hydrogens (primary N) is 1. The molecule has 1 aromatic carbocycles. The summed E-state index contributed by atoms with van der Waals surface area (Å²) in [4.78, 5) is 0. The maximum atomic E-state index is 5.52. The van der Waals surface area contributed by atoms with E-state index in [1.54, 1.807) is 0 Å². The van der Waals surface area contributed by atoms with Crippen LogP contribution in [0, 0.1) is 0 Å². The van der Waals surface area contributed by atoms with E-state index in [1.807, 2.05) is 32.1 Å². The molecule has 0 heterocycles. The van der Waals surface area contributed by atoms with Gasteiger partial charge in [0.2, 0.25) is 0 Å². The summed E-state index contributed by atoms with van der Waals surface area (Å²) in [5, 5.41) is 0. The van der Waals surface area contributed by atoms with Gasteiger partial charge in [-0.15, -0.1) is 0 Å². The van der Waals surface area contributed by atoms with Crippen LogP contribution in [0.2, 0.25) is 0 Å². The Kier molecular flexibility index (Phi) is 5.70. The van der Waals surface area contributed by atoms with Crippen molar-refractivity contribution in [2.24, 2.45) is 0 Å². The smallest absolute Gasteiger partial charge is 0.142 e. The summed E-state index contributed by atoms with van der Waals surface area (Å²) in [6.45, 7) is 0. The third-order valence-corrected chi connectivity index (χ3v) is 1.19. The van der Waals surface area contributed by atoms with E-state index in [0.29, 0.717) is 0 Å². The fraction of sp³-hybridized carbons (Fsp3) is 0. The average molecular weight is 141 g/mol. The lowest BCUT2D eigenvalue weighted by atomic mass is 9.95. The highest BCUT2D eigenvalue weighted by atomic mass is 16.0. The van der Waals surface area contributed by atoms with E-state index in [-0.39, 0.29) is 11.0 Å². The minimum Gasteiger partial charge on any atom is -0.412 e. The van der Waals surface area contributed by atoms with Gasteiger partial charge in [-0.1, -0.05) is 23.7 Å². The van der Waals surface area contributed by atoms with Gasteiger partial charge in [-0.3, -0.25) is 0 Å². The number of rotatable bonds is 0. The van der Waals surface area contributed by atoms with Crippen LogP contribution in [0.1, 0.15) is 0 Å². The second-order valence-electron chi connectivity index (χ2n) is 1.86. The first-order chi connectivity index (χ1) is 3.80. The highest BCUT2D eigenvalue weighted by molar-refractivity contribution is 6.35. The average Bonchev–Trinajstić information content (AvgIpc) is 1.77. The largest absolute Gasteiger partial charge is 0.412 e. The van der Waals surface area contributed by atoms with Crippen molar-refractivity contribution < 1.29 is 11.0 Å². The van der Waals surface area contributed by atoms with E-state index in [9.17, 15) is 0 Å². The zero-order chi connectivity index (χ0) is 5.98. The molecule has 0 radical (unpaired) electrons. The monoisotopic (exact) mass is 141 g/mol. The molecule has 0 atom stereocenters. The van der Waals surface area contributed by atoms with Crippen LogP contribution in [-0.2, 0) is 0 Å². The molecule has 4 heteroatoms. The molecular weight excluding hydrogens is 129 g/mol. The summed E-state index contributed by atoms with van der Waals surface area (Å²) >= 11 is 0. The van der Waals surface area contributed by atoms with Gasteiger partial charge in [-0.25, -0.2) is 0 Å². The van der Waals surface area contributed by atoms with Crippen LogP contribution in [0.5, 0.6) is 0 Å². The van der Waals surface area contributed by atoms with Gasteiger partial charge >= 0.3 is 0 Å². The Morgan fingerprint density at radius 3 is 1.90 bits per heavy atom. The summed E-state index contributed by atoms with van der Waals surface area (Å²) in [5.74, 6) is 0. The molecule has 56 valence electrons. The first-order valence-corrected chi connectivity index (χ1v) is 2.62. The van der Waals surface area contributed by atoms with E-state index in [4.69, 9.17) is 5.73 Å². The highest BCUT2D eigenvalue weighted by Crippen LogP contribution is 1.92. The van der Waals surface area contributed by atoms with Gasteiger partial charge in [0.25, 0.3) is 0 Å². The Balaban J connectivity index is 0. The zero-order valence-corrected chi connectivity index (χ0v) is 5.89. The minimum atomic E-state index is 0. The normalized spacial score (nSPS) is 7.20. The highest BCUT2D eigenvalue weighted by Gasteiger charge is 1.84. The molecule has 10 heavy (non-hydrogen) atoms. The second kappa shape index (κ2) is 4.84. The van der Waals surface area contributed by atoms with E-state index >= 15 is 0 Å². The molecule has 1 aromatic rings. The van der Waals surface area contributed by atoms with Crippen LogP contribution in [-0.4, -0.2) is 18.8 Å². The van der Waals surface area contributed by atoms with Gasteiger partial charge in [0.15, 0.2) is 0 Å². The van der Waals surface area contributed by atoms with E-state index in [2.05, 4.69) is 0 Å². The Hall–Kier alpha value is -0.995. The maximum absolute atomic E-state index is 5.52. The van der Waals surface area contributed by atoms with Gasteiger partial charge in [-0.05, 0) is 6.07 Å². The first-order valence-electron chi connectivity index (χ1n) is 2.62. The molecule has 0 amide bonds. The Labute approximate surface area is 60.9 Å². The third-order valence-electron chi connectivity index (χ3n) is 1.19. The van der Waals surface area contributed by atoms with Crippen LogP contribution in [0.4, 0.5) is 5.69 Å². The summed E-state index contributed by atoms with van der Waals surface area (Å²) in [6, 6.07) is 7.80. The predicted molar refractivity (Wildman–Crippen MR) is 46.3 cm³/mol. The lowest BCUT2D eigenvalue weighted by Crippen LogP contribution is -2.07. The quantitative estimate of drug-likeness (QED) is 0.324. The Morgan fingerprint density at radius 2 is 1.60 bits per heavy atom. The first kappa shape index (κ1) is 11.8. The van der Waals surface area contributed by atoms with Crippen molar-refractivity contribution in [3.8, 4) is 0 Å². The molecule has 0 aliphatic heterocycles. The summed E-state index contributed by atoms with van der Waals surface area (Å²) in [7, 11) is 2.00. The molecule has 1 rings (SSSR count). The molecule has 0 saturated carbocycles. The number of hydrogen-bond donors (Lipinski definition) is 1. The number of nitrogen functional groups attached to an aromatic ring is 1. The van der Waals surface area contributed by atoms with Crippen LogP contribution in [0.25, 0.3) is 0 Å². The van der Waals surface area contributed by atoms with Gasteiger partial charge in [0.05, 0.1) is 0 Å². The van der Waals surface area contributed by atoms with Crippen molar-refractivity contribution >= 4 is 19.0 Å². The summed E-state index contributed by atoms with van der Waals surface area (Å²) < 4.78 is 0. The van der Waals surface area contributed by atoms with Crippen molar-refractivity contribution in [3.63, 3.8) is 0 Å². The standard InChI is InChI=1S/C6H8BN.2H2O/c7-5-3-1-2-4-6(5)8;;/h1-4H,7-8H2;2*1H2. The molecule has 0 aliphatic rings. The topological polar surface area (TPSA) is 89.0 Å². The molecule has 0 unspecified atom stereocenters. The Morgan fingerprint density at radius 1 is 1.10 bits per heavy atom. The van der Waals surface area contributed by atoms with Crippen LogP contribution in [0.15, 0.2) is 24.3 Å². The lowest BCUT2D eigenvalue weighted by molar-refractivity contribution is 0.823. The van der Waals surface area contributed by atoms with Gasteiger partial charge in [0, 0.05) is 5.69 Å². The van der Waals surface area contributed by atoms with Crippen molar-refractivity contribution in [2.45, 2.75) is 0 Å². The lowest BCUT2D eigenvalue weighted by Gasteiger charge is -1.93. The van der Waals surface area contributed by atoms with E-state index in [0.717, 1.165) is 11.2 Å². The fourth-order valence-electron chi connectivity index (χ4n) is 0.587. The van der Waals surface area contributed by atoms with Crippen LogP contribution in [0.3, 0.4) is 0 Å². The van der Waals surface area contributed by atoms with Crippen LogP contribution >= 0.6 is 0 Å². The molecule has 0 saturated heterocycles.